The van der Waals surface area contributed by atoms with Crippen molar-refractivity contribution in [2.75, 3.05) is 0 Å². The Morgan fingerprint density at radius 2 is 1.31 bits per heavy atom. The molecule has 0 spiro atoms. The zero-order valence-electron chi connectivity index (χ0n) is 11.7. The molecule has 92 valence electrons. The highest BCUT2D eigenvalue weighted by Crippen LogP contribution is 2.33. The fourth-order valence-corrected chi connectivity index (χ4v) is 2.08. The van der Waals surface area contributed by atoms with Gasteiger partial charge in [-0.3, -0.25) is 4.79 Å². The zero-order chi connectivity index (χ0) is 12.7. The van der Waals surface area contributed by atoms with Crippen LogP contribution < -0.4 is 0 Å². The van der Waals surface area contributed by atoms with E-state index in [0.717, 1.165) is 18.4 Å². The van der Waals surface area contributed by atoms with Gasteiger partial charge >= 0.3 is 0 Å². The van der Waals surface area contributed by atoms with E-state index in [1.807, 2.05) is 20.8 Å². The van der Waals surface area contributed by atoms with E-state index in [1.165, 1.54) is 29.6 Å². The van der Waals surface area contributed by atoms with E-state index in [4.69, 9.17) is 0 Å². The summed E-state index contributed by atoms with van der Waals surface area (Å²) >= 11 is 0. The molecule has 0 aromatic carbocycles. The van der Waals surface area contributed by atoms with Crippen molar-refractivity contribution >= 4 is 5.78 Å². The van der Waals surface area contributed by atoms with Crippen molar-refractivity contribution in [2.24, 2.45) is 0 Å². The van der Waals surface area contributed by atoms with Crippen LogP contribution >= 0.6 is 0 Å². The lowest BCUT2D eigenvalue weighted by Gasteiger charge is -2.21. The number of hydrogen-bond acceptors (Lipinski definition) is 1. The maximum atomic E-state index is 11.3. The van der Waals surface area contributed by atoms with Crippen LogP contribution in [0.4, 0.5) is 0 Å². The maximum Gasteiger partial charge on any atom is 0.155 e. The van der Waals surface area contributed by atoms with Crippen LogP contribution in [0, 0.1) is 0 Å². The van der Waals surface area contributed by atoms with Gasteiger partial charge in [0.25, 0.3) is 0 Å². The van der Waals surface area contributed by atoms with E-state index in [1.54, 1.807) is 6.92 Å². The molecule has 1 fully saturated rings. The van der Waals surface area contributed by atoms with Gasteiger partial charge in [-0.1, -0.05) is 19.4 Å². The van der Waals surface area contributed by atoms with Gasteiger partial charge < -0.3 is 0 Å². The molecule has 0 aromatic heterocycles. The topological polar surface area (TPSA) is 17.1 Å². The number of carbonyl (C=O) groups is 1. The number of Topliss-reactive ketones (excluding diaryl/α,β-unsaturated/α-hetero) is 1. The molecule has 0 heterocycles. The molecule has 0 unspecified atom stereocenters. The molecule has 0 bridgehead atoms. The number of hydrogen-bond donors (Lipinski definition) is 0. The van der Waals surface area contributed by atoms with Crippen molar-refractivity contribution in [3.8, 4) is 0 Å². The molecule has 0 amide bonds. The molecule has 1 nitrogen and oxygen atoms in total. The van der Waals surface area contributed by atoms with Crippen molar-refractivity contribution < 1.29 is 4.79 Å². The molecule has 1 saturated carbocycles. The van der Waals surface area contributed by atoms with Crippen molar-refractivity contribution in [1.29, 1.82) is 0 Å². The Hall–Kier alpha value is -0.850. The lowest BCUT2D eigenvalue weighted by Crippen LogP contribution is -2.06. The fourth-order valence-electron chi connectivity index (χ4n) is 2.08. The Bertz CT molecular complexity index is 299. The highest BCUT2D eigenvalue weighted by Gasteiger charge is 2.16. The fraction of sp³-hybridized carbons (Fsp3) is 0.667. The van der Waals surface area contributed by atoms with E-state index in [2.05, 4.69) is 13.8 Å². The molecule has 1 heteroatoms. The second-order valence-corrected chi connectivity index (χ2v) is 4.35. The van der Waals surface area contributed by atoms with Crippen molar-refractivity contribution in [3.63, 3.8) is 0 Å². The minimum absolute atomic E-state index is 0.223. The van der Waals surface area contributed by atoms with Crippen molar-refractivity contribution in [3.05, 3.63) is 22.3 Å². The minimum atomic E-state index is 0.223. The van der Waals surface area contributed by atoms with Gasteiger partial charge in [0.05, 0.1) is 0 Å². The molecular weight excluding hydrogens is 196 g/mol. The molecule has 1 rings (SSSR count). The maximum absolute atomic E-state index is 11.3. The Morgan fingerprint density at radius 1 is 0.875 bits per heavy atom. The first-order chi connectivity index (χ1) is 7.54. The normalized spacial score (nSPS) is 18.5. The first kappa shape index (κ1) is 15.2. The summed E-state index contributed by atoms with van der Waals surface area (Å²) in [6, 6.07) is 0. The summed E-state index contributed by atoms with van der Waals surface area (Å²) in [6.45, 7) is 11.9. The van der Waals surface area contributed by atoms with Gasteiger partial charge in [0.1, 0.15) is 0 Å². The smallest absolute Gasteiger partial charge is 0.155 e. The molecule has 0 atom stereocenters. The molecular formula is C15H26O. The zero-order valence-corrected chi connectivity index (χ0v) is 11.7. The highest BCUT2D eigenvalue weighted by atomic mass is 16.1. The number of carbonyl (C=O) groups excluding carboxylic acids is 1. The molecule has 0 N–H and O–H groups in total. The van der Waals surface area contributed by atoms with E-state index >= 15 is 0 Å². The predicted molar refractivity (Wildman–Crippen MR) is 71.6 cm³/mol. The first-order valence-electron chi connectivity index (χ1n) is 6.41. The summed E-state index contributed by atoms with van der Waals surface area (Å²) in [7, 11) is 0. The van der Waals surface area contributed by atoms with Gasteiger partial charge in [-0.25, -0.2) is 0 Å². The third kappa shape index (κ3) is 3.96. The van der Waals surface area contributed by atoms with Crippen molar-refractivity contribution in [1.82, 2.24) is 0 Å². The third-order valence-electron chi connectivity index (χ3n) is 3.05. The van der Waals surface area contributed by atoms with Crippen LogP contribution in [0.3, 0.4) is 0 Å². The summed E-state index contributed by atoms with van der Waals surface area (Å²) < 4.78 is 0. The van der Waals surface area contributed by atoms with Crippen LogP contribution in [0.5, 0.6) is 0 Å². The molecule has 0 radical (unpaired) electrons. The van der Waals surface area contributed by atoms with Crippen LogP contribution in [0.25, 0.3) is 0 Å². The van der Waals surface area contributed by atoms with Gasteiger partial charge in [-0.15, -0.1) is 0 Å². The quantitative estimate of drug-likeness (QED) is 0.581. The van der Waals surface area contributed by atoms with Crippen LogP contribution in [0.1, 0.15) is 67.2 Å². The van der Waals surface area contributed by atoms with E-state index in [0.29, 0.717) is 0 Å². The van der Waals surface area contributed by atoms with Crippen LogP contribution in [-0.2, 0) is 4.79 Å². The Balaban J connectivity index is 0.00000106. The summed E-state index contributed by atoms with van der Waals surface area (Å²) in [4.78, 5) is 11.3. The van der Waals surface area contributed by atoms with Gasteiger partial charge in [-0.05, 0) is 70.1 Å². The second kappa shape index (κ2) is 7.43. The van der Waals surface area contributed by atoms with Crippen LogP contribution in [0.15, 0.2) is 22.3 Å². The second-order valence-electron chi connectivity index (χ2n) is 4.35. The predicted octanol–water partition coefficient (Wildman–Crippen LogP) is 4.83. The van der Waals surface area contributed by atoms with Crippen molar-refractivity contribution in [2.45, 2.75) is 67.2 Å². The lowest BCUT2D eigenvalue weighted by atomic mass is 9.83. The van der Waals surface area contributed by atoms with Crippen LogP contribution in [0.2, 0.25) is 0 Å². The highest BCUT2D eigenvalue weighted by molar-refractivity contribution is 5.94. The van der Waals surface area contributed by atoms with E-state index in [-0.39, 0.29) is 5.78 Å². The monoisotopic (exact) mass is 222 g/mol. The summed E-state index contributed by atoms with van der Waals surface area (Å²) in [5.41, 5.74) is 5.11. The summed E-state index contributed by atoms with van der Waals surface area (Å²) in [5, 5.41) is 0. The average molecular weight is 222 g/mol. The standard InChI is InChI=1S/C13H20O.C2H6/c1-9(2)12-7-5-6-8-13(12)10(3)11(4)14;1-2/h5-8H2,1-4H3;1-2H3/b13-10-;. The average Bonchev–Trinajstić information content (AvgIpc) is 2.30. The molecule has 0 aliphatic heterocycles. The number of ketones is 1. The number of allylic oxidation sites excluding steroid dienone is 4. The summed E-state index contributed by atoms with van der Waals surface area (Å²) in [5.74, 6) is 0.223. The van der Waals surface area contributed by atoms with Gasteiger partial charge in [-0.2, -0.15) is 0 Å². The van der Waals surface area contributed by atoms with Gasteiger partial charge in [0, 0.05) is 0 Å². The largest absolute Gasteiger partial charge is 0.295 e. The van der Waals surface area contributed by atoms with Gasteiger partial charge in [0.2, 0.25) is 0 Å². The van der Waals surface area contributed by atoms with E-state index in [9.17, 15) is 4.79 Å². The minimum Gasteiger partial charge on any atom is -0.295 e. The van der Waals surface area contributed by atoms with Gasteiger partial charge in [0.15, 0.2) is 5.78 Å². The molecule has 1 aliphatic rings. The third-order valence-corrected chi connectivity index (χ3v) is 3.05. The SMILES string of the molecule is CC.CC(=O)/C(C)=C1/CCCCC1=C(C)C. The molecule has 16 heavy (non-hydrogen) atoms. The van der Waals surface area contributed by atoms with E-state index < -0.39 is 0 Å². The molecule has 1 aliphatic carbocycles. The summed E-state index contributed by atoms with van der Waals surface area (Å²) in [6.07, 6.45) is 4.75. The Morgan fingerprint density at radius 3 is 1.69 bits per heavy atom. The molecule has 0 saturated heterocycles. The lowest BCUT2D eigenvalue weighted by molar-refractivity contribution is -0.113. The number of rotatable bonds is 1. The first-order valence-corrected chi connectivity index (χ1v) is 6.41. The molecule has 0 aromatic rings. The Kier molecular flexibility index (Phi) is 7.03. The Labute approximate surface area is 101 Å². The van der Waals surface area contributed by atoms with Crippen LogP contribution in [-0.4, -0.2) is 5.78 Å².